The molecule has 68 valence electrons. The fourth-order valence-corrected chi connectivity index (χ4v) is 0.304. The molecule has 0 atom stereocenters. The molecule has 0 fully saturated rings. The fourth-order valence-electron chi connectivity index (χ4n) is 0.304. The van der Waals surface area contributed by atoms with Crippen LogP contribution >= 0.6 is 0 Å². The van der Waals surface area contributed by atoms with Crippen LogP contribution in [-0.2, 0) is 4.74 Å². The molecule has 11 heavy (non-hydrogen) atoms. The van der Waals surface area contributed by atoms with E-state index < -0.39 is 6.16 Å². The summed E-state index contributed by atoms with van der Waals surface area (Å²) in [6, 6.07) is 0. The molecule has 0 unspecified atom stereocenters. The van der Waals surface area contributed by atoms with Crippen LogP contribution in [0.3, 0.4) is 0 Å². The number of hydrogen-bond acceptors (Lipinski definition) is 3. The lowest BCUT2D eigenvalue weighted by Crippen LogP contribution is -2.00. The number of hydrogen-bond donors (Lipinski definition) is 2. The lowest BCUT2D eigenvalue weighted by molar-refractivity contribution is 0.0905. The molecule has 0 aromatic rings. The minimum absolute atomic E-state index is 0.325. The highest BCUT2D eigenvalue weighted by Gasteiger charge is 1.91. The average Bonchev–Trinajstić information content (AvgIpc) is 1.89. The van der Waals surface area contributed by atoms with Gasteiger partial charge in [0.15, 0.2) is 0 Å². The predicted molar refractivity (Wildman–Crippen MR) is 43.9 cm³/mol. The molecular weight excluding hydrogens is 146 g/mol. The van der Waals surface area contributed by atoms with Crippen molar-refractivity contribution < 1.29 is 14.6 Å². The molecule has 4 heteroatoms. The molecule has 4 nitrogen and oxygen atoms in total. The molecule has 0 saturated heterocycles. The van der Waals surface area contributed by atoms with Crippen molar-refractivity contribution in [2.45, 2.75) is 19.8 Å². The van der Waals surface area contributed by atoms with Crippen LogP contribution in [0.15, 0.2) is 0 Å². The van der Waals surface area contributed by atoms with E-state index in [9.17, 15) is 4.79 Å². The van der Waals surface area contributed by atoms with Crippen molar-refractivity contribution in [3.8, 4) is 0 Å². The minimum atomic E-state index is -1.18. The summed E-state index contributed by atoms with van der Waals surface area (Å²) in [5.74, 6) is 0. The van der Waals surface area contributed by atoms with Crippen molar-refractivity contribution in [1.82, 2.24) is 5.32 Å². The van der Waals surface area contributed by atoms with Crippen molar-refractivity contribution in [3.05, 3.63) is 0 Å². The first-order chi connectivity index (χ1) is 5.18. The third kappa shape index (κ3) is 27.0. The maximum absolute atomic E-state index is 9.65. The van der Waals surface area contributed by atoms with E-state index in [1.54, 1.807) is 0 Å². The maximum atomic E-state index is 9.65. The Bertz CT molecular complexity index is 85.8. The Morgan fingerprint density at radius 2 is 2.00 bits per heavy atom. The van der Waals surface area contributed by atoms with Crippen LogP contribution in [0, 0.1) is 0 Å². The topological polar surface area (TPSA) is 58.6 Å². The summed E-state index contributed by atoms with van der Waals surface area (Å²) < 4.78 is 4.20. The van der Waals surface area contributed by atoms with Gasteiger partial charge in [0.25, 0.3) is 0 Å². The lowest BCUT2D eigenvalue weighted by atomic mass is 10.4. The second-order valence-corrected chi connectivity index (χ2v) is 1.97. The Kier molecular flexibility index (Phi) is 14.0. The van der Waals surface area contributed by atoms with E-state index in [4.69, 9.17) is 5.11 Å². The normalized spacial score (nSPS) is 7.91. The molecule has 0 aliphatic carbocycles. The second-order valence-electron chi connectivity index (χ2n) is 1.97. The number of unbranched alkanes of at least 4 members (excludes halogenated alkanes) is 1. The minimum Gasteiger partial charge on any atom is -0.450 e. The molecule has 0 rings (SSSR count). The summed E-state index contributed by atoms with van der Waals surface area (Å²) in [6.07, 6.45) is 0.595. The Morgan fingerprint density at radius 3 is 2.27 bits per heavy atom. The largest absolute Gasteiger partial charge is 0.505 e. The van der Waals surface area contributed by atoms with Gasteiger partial charge in [-0.1, -0.05) is 13.3 Å². The molecule has 0 saturated carbocycles. The van der Waals surface area contributed by atoms with Gasteiger partial charge in [-0.15, -0.1) is 0 Å². The van der Waals surface area contributed by atoms with Gasteiger partial charge in [0.2, 0.25) is 0 Å². The van der Waals surface area contributed by atoms with Gasteiger partial charge in [0.05, 0.1) is 6.61 Å². The number of rotatable bonds is 3. The first kappa shape index (κ1) is 12.9. The van der Waals surface area contributed by atoms with E-state index in [-0.39, 0.29) is 0 Å². The fraction of sp³-hybridized carbons (Fsp3) is 0.857. The van der Waals surface area contributed by atoms with Crippen LogP contribution in [-0.4, -0.2) is 32.0 Å². The second kappa shape index (κ2) is 12.0. The monoisotopic (exact) mass is 163 g/mol. The molecule has 0 bridgehead atoms. The van der Waals surface area contributed by atoms with Crippen LogP contribution in [0.5, 0.6) is 0 Å². The van der Waals surface area contributed by atoms with Gasteiger partial charge in [-0.25, -0.2) is 4.79 Å². The molecule has 0 aromatic heterocycles. The standard InChI is InChI=1S/C5H10O3.C2H7N/c1-2-3-4-8-5(6)7;1-3-2/h2-4H2,1H3,(H,6,7);3H,1-2H3. The third-order valence-corrected chi connectivity index (χ3v) is 0.723. The molecule has 2 N–H and O–H groups in total. The molecule has 0 aromatic carbocycles. The molecule has 0 amide bonds. The van der Waals surface area contributed by atoms with Gasteiger partial charge in [-0.2, -0.15) is 0 Å². The van der Waals surface area contributed by atoms with E-state index in [2.05, 4.69) is 10.1 Å². The first-order valence-corrected chi connectivity index (χ1v) is 3.63. The van der Waals surface area contributed by atoms with Gasteiger partial charge >= 0.3 is 6.16 Å². The SMILES string of the molecule is CCCCOC(=O)O.CNC. The summed E-state index contributed by atoms with van der Waals surface area (Å²) in [6.45, 7) is 2.30. The molecular formula is C7H17NO3. The van der Waals surface area contributed by atoms with E-state index >= 15 is 0 Å². The molecule has 0 aliphatic rings. The number of ether oxygens (including phenoxy) is 1. The van der Waals surface area contributed by atoms with Gasteiger partial charge in [-0.3, -0.25) is 0 Å². The third-order valence-electron chi connectivity index (χ3n) is 0.723. The zero-order chi connectivity index (χ0) is 9.11. The zero-order valence-electron chi connectivity index (χ0n) is 7.39. The van der Waals surface area contributed by atoms with Crippen LogP contribution in [0.1, 0.15) is 19.8 Å². The molecule has 0 spiro atoms. The summed E-state index contributed by atoms with van der Waals surface area (Å²) in [4.78, 5) is 9.65. The quantitative estimate of drug-likeness (QED) is 0.486. The summed E-state index contributed by atoms with van der Waals surface area (Å²) >= 11 is 0. The van der Waals surface area contributed by atoms with E-state index in [1.807, 2.05) is 21.0 Å². The van der Waals surface area contributed by atoms with E-state index in [1.165, 1.54) is 0 Å². The average molecular weight is 163 g/mol. The van der Waals surface area contributed by atoms with Crippen LogP contribution in [0.25, 0.3) is 0 Å². The smallest absolute Gasteiger partial charge is 0.450 e. The van der Waals surface area contributed by atoms with Gasteiger partial charge in [0, 0.05) is 0 Å². The number of carboxylic acid groups (broad SMARTS) is 1. The Morgan fingerprint density at radius 1 is 1.55 bits per heavy atom. The molecule has 0 heterocycles. The summed E-state index contributed by atoms with van der Waals surface area (Å²) in [5, 5.41) is 10.7. The lowest BCUT2D eigenvalue weighted by Gasteiger charge is -1.94. The van der Waals surface area contributed by atoms with Crippen molar-refractivity contribution >= 4 is 6.16 Å². The van der Waals surface area contributed by atoms with Crippen molar-refractivity contribution in [2.75, 3.05) is 20.7 Å². The molecule has 0 aliphatic heterocycles. The van der Waals surface area contributed by atoms with Crippen molar-refractivity contribution in [3.63, 3.8) is 0 Å². The summed E-state index contributed by atoms with van der Waals surface area (Å²) in [5.41, 5.74) is 0. The van der Waals surface area contributed by atoms with Crippen LogP contribution in [0.2, 0.25) is 0 Å². The highest BCUT2D eigenvalue weighted by Crippen LogP contribution is 1.86. The number of nitrogens with one attached hydrogen (secondary N) is 1. The Hall–Kier alpha value is -0.770. The van der Waals surface area contributed by atoms with Crippen molar-refractivity contribution in [2.24, 2.45) is 0 Å². The zero-order valence-corrected chi connectivity index (χ0v) is 7.39. The summed E-state index contributed by atoms with van der Waals surface area (Å²) in [7, 11) is 3.75. The first-order valence-electron chi connectivity index (χ1n) is 3.63. The van der Waals surface area contributed by atoms with E-state index in [0.717, 1.165) is 12.8 Å². The van der Waals surface area contributed by atoms with E-state index in [0.29, 0.717) is 6.61 Å². The number of carbonyl (C=O) groups is 1. The maximum Gasteiger partial charge on any atom is 0.505 e. The van der Waals surface area contributed by atoms with Crippen LogP contribution in [0.4, 0.5) is 4.79 Å². The van der Waals surface area contributed by atoms with Gasteiger partial charge < -0.3 is 15.2 Å². The highest BCUT2D eigenvalue weighted by molar-refractivity contribution is 5.56. The highest BCUT2D eigenvalue weighted by atomic mass is 16.7. The Labute approximate surface area is 67.6 Å². The predicted octanol–water partition coefficient (Wildman–Crippen LogP) is 1.32. The Balaban J connectivity index is 0. The molecule has 0 radical (unpaired) electrons. The van der Waals surface area contributed by atoms with Gasteiger partial charge in [-0.05, 0) is 20.5 Å². The van der Waals surface area contributed by atoms with Crippen LogP contribution < -0.4 is 5.32 Å². The van der Waals surface area contributed by atoms with Crippen molar-refractivity contribution in [1.29, 1.82) is 0 Å². The van der Waals surface area contributed by atoms with Gasteiger partial charge in [0.1, 0.15) is 0 Å².